The van der Waals surface area contributed by atoms with Crippen molar-refractivity contribution in [2.45, 2.75) is 32.6 Å². The summed E-state index contributed by atoms with van der Waals surface area (Å²) in [4.78, 5) is 29.1. The van der Waals surface area contributed by atoms with E-state index in [4.69, 9.17) is 0 Å². The van der Waals surface area contributed by atoms with Gasteiger partial charge in [-0.05, 0) is 18.6 Å². The van der Waals surface area contributed by atoms with E-state index in [1.165, 1.54) is 4.90 Å². The molecular formula is C13H16N2O2. The molecule has 2 rings (SSSR count). The van der Waals surface area contributed by atoms with Crippen LogP contribution in [0.15, 0.2) is 18.3 Å². The first kappa shape index (κ1) is 11.8. The van der Waals surface area contributed by atoms with Crippen LogP contribution in [0.25, 0.3) is 0 Å². The number of anilines is 1. The number of rotatable bonds is 5. The molecule has 0 atom stereocenters. The minimum atomic E-state index is -0.435. The lowest BCUT2D eigenvalue weighted by atomic mass is 10.2. The molecule has 4 nitrogen and oxygen atoms in total. The summed E-state index contributed by atoms with van der Waals surface area (Å²) >= 11 is 0. The maximum atomic E-state index is 11.8. The number of pyridine rings is 1. The van der Waals surface area contributed by atoms with Gasteiger partial charge in [-0.15, -0.1) is 0 Å². The SMILES string of the molecule is CCCCCCN1C(=O)C(=O)c2cccnc21. The van der Waals surface area contributed by atoms with E-state index >= 15 is 0 Å². The van der Waals surface area contributed by atoms with E-state index < -0.39 is 11.7 Å². The zero-order chi connectivity index (χ0) is 12.3. The van der Waals surface area contributed by atoms with E-state index in [0.29, 0.717) is 17.9 Å². The fourth-order valence-corrected chi connectivity index (χ4v) is 2.03. The molecule has 1 aromatic rings. The van der Waals surface area contributed by atoms with E-state index in [1.54, 1.807) is 18.3 Å². The zero-order valence-corrected chi connectivity index (χ0v) is 9.98. The number of carbonyl (C=O) groups is 2. The Kier molecular flexibility index (Phi) is 3.52. The quantitative estimate of drug-likeness (QED) is 0.577. The molecular weight excluding hydrogens is 216 g/mol. The summed E-state index contributed by atoms with van der Waals surface area (Å²) in [5, 5.41) is 0. The topological polar surface area (TPSA) is 50.3 Å². The fraction of sp³-hybridized carbons (Fsp3) is 0.462. The van der Waals surface area contributed by atoms with Gasteiger partial charge >= 0.3 is 5.91 Å². The van der Waals surface area contributed by atoms with Gasteiger partial charge in [-0.25, -0.2) is 4.98 Å². The Morgan fingerprint density at radius 1 is 1.24 bits per heavy atom. The predicted octanol–water partition coefficient (Wildman–Crippen LogP) is 2.19. The van der Waals surface area contributed by atoms with Gasteiger partial charge in [0, 0.05) is 12.7 Å². The van der Waals surface area contributed by atoms with Crippen LogP contribution in [0.5, 0.6) is 0 Å². The van der Waals surface area contributed by atoms with E-state index in [9.17, 15) is 9.59 Å². The average Bonchev–Trinajstić information content (AvgIpc) is 2.60. The number of ketones is 1. The molecule has 0 radical (unpaired) electrons. The minimum Gasteiger partial charge on any atom is -0.289 e. The maximum absolute atomic E-state index is 11.8. The molecule has 17 heavy (non-hydrogen) atoms. The minimum absolute atomic E-state index is 0.427. The summed E-state index contributed by atoms with van der Waals surface area (Å²) in [5.41, 5.74) is 0.438. The highest BCUT2D eigenvalue weighted by molar-refractivity contribution is 6.51. The van der Waals surface area contributed by atoms with Gasteiger partial charge in [0.25, 0.3) is 5.78 Å². The van der Waals surface area contributed by atoms with Crippen LogP contribution in [0.2, 0.25) is 0 Å². The molecule has 1 amide bonds. The standard InChI is InChI=1S/C13H16N2O2/c1-2-3-4-5-9-15-12-10(7-6-8-14-12)11(16)13(15)17/h6-8H,2-5,9H2,1H3. The van der Waals surface area contributed by atoms with Crippen LogP contribution in [0, 0.1) is 0 Å². The summed E-state index contributed by atoms with van der Waals surface area (Å²) in [6, 6.07) is 3.35. The van der Waals surface area contributed by atoms with E-state index in [0.717, 1.165) is 25.7 Å². The fourth-order valence-electron chi connectivity index (χ4n) is 2.03. The molecule has 0 aromatic carbocycles. The van der Waals surface area contributed by atoms with Gasteiger partial charge in [0.1, 0.15) is 5.82 Å². The Bertz CT molecular complexity index is 443. The van der Waals surface area contributed by atoms with Gasteiger partial charge in [0.15, 0.2) is 0 Å². The third-order valence-electron chi connectivity index (χ3n) is 2.96. The molecule has 0 spiro atoms. The largest absolute Gasteiger partial charge is 0.300 e. The Balaban J connectivity index is 2.08. The smallest absolute Gasteiger partial charge is 0.289 e. The lowest BCUT2D eigenvalue weighted by Crippen LogP contribution is -2.31. The molecule has 0 unspecified atom stereocenters. The molecule has 0 aliphatic carbocycles. The zero-order valence-electron chi connectivity index (χ0n) is 9.98. The van der Waals surface area contributed by atoms with Crippen LogP contribution in [0.3, 0.4) is 0 Å². The predicted molar refractivity (Wildman–Crippen MR) is 65.1 cm³/mol. The second-order valence-electron chi connectivity index (χ2n) is 4.22. The molecule has 1 aliphatic heterocycles. The van der Waals surface area contributed by atoms with Crippen LogP contribution >= 0.6 is 0 Å². The summed E-state index contributed by atoms with van der Waals surface area (Å²) < 4.78 is 0. The van der Waals surface area contributed by atoms with Crippen LogP contribution in [0.1, 0.15) is 43.0 Å². The number of carbonyl (C=O) groups excluding carboxylic acids is 2. The van der Waals surface area contributed by atoms with Crippen molar-refractivity contribution in [1.82, 2.24) is 4.98 Å². The van der Waals surface area contributed by atoms with Crippen molar-refractivity contribution in [2.24, 2.45) is 0 Å². The lowest BCUT2D eigenvalue weighted by molar-refractivity contribution is -0.114. The van der Waals surface area contributed by atoms with Crippen molar-refractivity contribution in [3.05, 3.63) is 23.9 Å². The van der Waals surface area contributed by atoms with Gasteiger partial charge in [0.2, 0.25) is 0 Å². The third-order valence-corrected chi connectivity index (χ3v) is 2.96. The van der Waals surface area contributed by atoms with Crippen molar-refractivity contribution in [3.63, 3.8) is 0 Å². The molecule has 2 heterocycles. The van der Waals surface area contributed by atoms with Crippen LogP contribution in [0.4, 0.5) is 5.82 Å². The molecule has 0 fully saturated rings. The number of hydrogen-bond donors (Lipinski definition) is 0. The van der Waals surface area contributed by atoms with Crippen molar-refractivity contribution in [3.8, 4) is 0 Å². The molecule has 1 aliphatic rings. The number of fused-ring (bicyclic) bond motifs is 1. The molecule has 90 valence electrons. The number of amides is 1. The number of nitrogens with zero attached hydrogens (tertiary/aromatic N) is 2. The second-order valence-corrected chi connectivity index (χ2v) is 4.22. The van der Waals surface area contributed by atoms with Crippen molar-refractivity contribution < 1.29 is 9.59 Å². The molecule has 0 saturated heterocycles. The lowest BCUT2D eigenvalue weighted by Gasteiger charge is -2.14. The first-order valence-corrected chi connectivity index (χ1v) is 6.07. The molecule has 0 bridgehead atoms. The number of aromatic nitrogens is 1. The summed E-state index contributed by atoms with van der Waals surface area (Å²) in [7, 11) is 0. The van der Waals surface area contributed by atoms with E-state index in [2.05, 4.69) is 11.9 Å². The molecule has 0 saturated carbocycles. The number of unbranched alkanes of at least 4 members (excludes halogenated alkanes) is 3. The van der Waals surface area contributed by atoms with Crippen LogP contribution in [-0.2, 0) is 4.79 Å². The summed E-state index contributed by atoms with van der Waals surface area (Å²) in [6.45, 7) is 2.73. The van der Waals surface area contributed by atoms with Crippen molar-refractivity contribution >= 4 is 17.5 Å². The third kappa shape index (κ3) is 2.20. The Morgan fingerprint density at radius 2 is 2.06 bits per heavy atom. The van der Waals surface area contributed by atoms with Gasteiger partial charge in [-0.1, -0.05) is 26.2 Å². The van der Waals surface area contributed by atoms with Crippen molar-refractivity contribution in [1.29, 1.82) is 0 Å². The van der Waals surface area contributed by atoms with Gasteiger partial charge in [-0.3, -0.25) is 14.5 Å². The maximum Gasteiger partial charge on any atom is 0.300 e. The number of Topliss-reactive ketones (excluding diaryl/α,β-unsaturated/α-hetero) is 1. The van der Waals surface area contributed by atoms with Crippen LogP contribution in [-0.4, -0.2) is 23.2 Å². The average molecular weight is 232 g/mol. The Hall–Kier alpha value is -1.71. The second kappa shape index (κ2) is 5.08. The first-order valence-electron chi connectivity index (χ1n) is 6.07. The normalized spacial score (nSPS) is 14.3. The summed E-state index contributed by atoms with van der Waals surface area (Å²) in [5.74, 6) is -0.335. The Labute approximate surface area is 101 Å². The highest BCUT2D eigenvalue weighted by Crippen LogP contribution is 2.26. The van der Waals surface area contributed by atoms with E-state index in [1.807, 2.05) is 0 Å². The monoisotopic (exact) mass is 232 g/mol. The van der Waals surface area contributed by atoms with Gasteiger partial charge < -0.3 is 0 Å². The van der Waals surface area contributed by atoms with E-state index in [-0.39, 0.29) is 0 Å². The Morgan fingerprint density at radius 3 is 2.82 bits per heavy atom. The van der Waals surface area contributed by atoms with Crippen LogP contribution < -0.4 is 4.90 Å². The van der Waals surface area contributed by atoms with Gasteiger partial charge in [0.05, 0.1) is 5.56 Å². The highest BCUT2D eigenvalue weighted by Gasteiger charge is 2.36. The molecule has 0 N–H and O–H groups in total. The highest BCUT2D eigenvalue weighted by atomic mass is 16.2. The van der Waals surface area contributed by atoms with Gasteiger partial charge in [-0.2, -0.15) is 0 Å². The summed E-state index contributed by atoms with van der Waals surface area (Å²) in [6.07, 6.45) is 5.93. The van der Waals surface area contributed by atoms with Crippen molar-refractivity contribution in [2.75, 3.05) is 11.4 Å². The molecule has 4 heteroatoms. The molecule has 1 aromatic heterocycles. The number of hydrogen-bond acceptors (Lipinski definition) is 3. The first-order chi connectivity index (χ1) is 8.25.